The van der Waals surface area contributed by atoms with Crippen LogP contribution >= 0.6 is 11.8 Å². The average molecular weight is 354 g/mol. The van der Waals surface area contributed by atoms with E-state index in [9.17, 15) is 0 Å². The monoisotopic (exact) mass is 354 g/mol. The number of fused-ring (bicyclic) bond motifs is 1. The second kappa shape index (κ2) is 8.53. The van der Waals surface area contributed by atoms with Crippen LogP contribution in [0.3, 0.4) is 0 Å². The van der Waals surface area contributed by atoms with E-state index in [1.54, 1.807) is 7.05 Å². The summed E-state index contributed by atoms with van der Waals surface area (Å²) < 4.78 is 1.97. The van der Waals surface area contributed by atoms with Crippen molar-refractivity contribution in [1.82, 2.24) is 25.2 Å². The number of nitrogens with zero attached hydrogens (tertiary/aromatic N) is 4. The molecule has 2 N–H and O–H groups in total. The topological polar surface area (TPSA) is 66.6 Å². The Morgan fingerprint density at radius 1 is 1.12 bits per heavy atom. The average Bonchev–Trinajstić information content (AvgIpc) is 3.06. The molecule has 0 spiro atoms. The number of guanidine groups is 1. The van der Waals surface area contributed by atoms with Crippen LogP contribution in [-0.2, 0) is 6.54 Å². The third-order valence-corrected chi connectivity index (χ3v) is 4.77. The Hall–Kier alpha value is -2.54. The Kier molecular flexibility index (Phi) is 5.90. The normalized spacial score (nSPS) is 13.0. The van der Waals surface area contributed by atoms with E-state index in [0.717, 1.165) is 24.0 Å². The molecule has 25 heavy (non-hydrogen) atoms. The van der Waals surface area contributed by atoms with Gasteiger partial charge in [0, 0.05) is 29.9 Å². The van der Waals surface area contributed by atoms with Gasteiger partial charge in [-0.05, 0) is 24.3 Å². The third kappa shape index (κ3) is 4.73. The summed E-state index contributed by atoms with van der Waals surface area (Å²) in [7, 11) is 1.77. The van der Waals surface area contributed by atoms with Crippen LogP contribution in [0.15, 0.2) is 64.6 Å². The number of rotatable bonds is 6. The molecular weight excluding hydrogens is 332 g/mol. The quantitative estimate of drug-likeness (QED) is 0.405. The molecular formula is C18H22N6S. The number of pyridine rings is 1. The van der Waals surface area contributed by atoms with Crippen LogP contribution in [0.5, 0.6) is 0 Å². The smallest absolute Gasteiger partial charge is 0.191 e. The highest BCUT2D eigenvalue weighted by Gasteiger charge is 2.08. The van der Waals surface area contributed by atoms with Gasteiger partial charge in [0.1, 0.15) is 0 Å². The van der Waals surface area contributed by atoms with Crippen LogP contribution in [-0.4, -0.2) is 39.4 Å². The van der Waals surface area contributed by atoms with Crippen molar-refractivity contribution in [2.45, 2.75) is 23.6 Å². The summed E-state index contributed by atoms with van der Waals surface area (Å²) in [6.07, 6.45) is 1.96. The Bertz CT molecular complexity index is 830. The van der Waals surface area contributed by atoms with E-state index in [0.29, 0.717) is 11.8 Å². The number of hydrogen-bond donors (Lipinski definition) is 2. The van der Waals surface area contributed by atoms with E-state index in [2.05, 4.69) is 57.0 Å². The summed E-state index contributed by atoms with van der Waals surface area (Å²) in [4.78, 5) is 5.55. The van der Waals surface area contributed by atoms with Crippen molar-refractivity contribution in [3.63, 3.8) is 0 Å². The molecule has 1 aromatic carbocycles. The first kappa shape index (κ1) is 17.3. The van der Waals surface area contributed by atoms with E-state index in [-0.39, 0.29) is 0 Å². The van der Waals surface area contributed by atoms with E-state index < -0.39 is 0 Å². The lowest BCUT2D eigenvalue weighted by Gasteiger charge is -2.15. The molecule has 130 valence electrons. The molecule has 1 unspecified atom stereocenters. The number of hydrogen-bond acceptors (Lipinski definition) is 4. The lowest BCUT2D eigenvalue weighted by atomic mass is 10.4. The molecule has 1 atom stereocenters. The van der Waals surface area contributed by atoms with Crippen molar-refractivity contribution in [3.8, 4) is 0 Å². The Labute approximate surface area is 151 Å². The van der Waals surface area contributed by atoms with Crippen molar-refractivity contribution in [2.75, 3.05) is 13.6 Å². The first-order chi connectivity index (χ1) is 12.3. The molecule has 0 aliphatic carbocycles. The molecule has 2 aromatic heterocycles. The molecule has 0 saturated carbocycles. The molecule has 3 aromatic rings. The minimum atomic E-state index is 0.426. The van der Waals surface area contributed by atoms with Gasteiger partial charge in [0.05, 0.1) is 6.54 Å². The maximum atomic E-state index is 4.27. The van der Waals surface area contributed by atoms with Gasteiger partial charge in [0.25, 0.3) is 0 Å². The second-order valence-electron chi connectivity index (χ2n) is 5.59. The van der Waals surface area contributed by atoms with E-state index in [4.69, 9.17) is 0 Å². The Morgan fingerprint density at radius 2 is 1.92 bits per heavy atom. The van der Waals surface area contributed by atoms with Crippen LogP contribution in [0.25, 0.3) is 5.65 Å². The summed E-state index contributed by atoms with van der Waals surface area (Å²) in [5.74, 6) is 1.61. The predicted molar refractivity (Wildman–Crippen MR) is 103 cm³/mol. The summed E-state index contributed by atoms with van der Waals surface area (Å²) in [6, 6.07) is 16.3. The zero-order valence-corrected chi connectivity index (χ0v) is 15.2. The van der Waals surface area contributed by atoms with Gasteiger partial charge in [0.2, 0.25) is 0 Å². The van der Waals surface area contributed by atoms with Crippen molar-refractivity contribution in [1.29, 1.82) is 0 Å². The van der Waals surface area contributed by atoms with Gasteiger partial charge in [-0.25, -0.2) is 0 Å². The van der Waals surface area contributed by atoms with Gasteiger partial charge in [-0.3, -0.25) is 9.39 Å². The Balaban J connectivity index is 1.49. The van der Waals surface area contributed by atoms with Crippen LogP contribution in [0.1, 0.15) is 12.7 Å². The summed E-state index contributed by atoms with van der Waals surface area (Å²) in [6.45, 7) is 3.58. The lowest BCUT2D eigenvalue weighted by Crippen LogP contribution is -2.39. The Morgan fingerprint density at radius 3 is 2.72 bits per heavy atom. The highest BCUT2D eigenvalue weighted by atomic mass is 32.2. The van der Waals surface area contributed by atoms with E-state index in [1.807, 2.05) is 46.6 Å². The molecule has 7 heteroatoms. The minimum Gasteiger partial charge on any atom is -0.355 e. The van der Waals surface area contributed by atoms with Crippen molar-refractivity contribution in [3.05, 3.63) is 60.6 Å². The summed E-state index contributed by atoms with van der Waals surface area (Å²) in [5.41, 5.74) is 0.843. The zero-order valence-electron chi connectivity index (χ0n) is 14.4. The maximum absolute atomic E-state index is 4.27. The highest BCUT2D eigenvalue weighted by Crippen LogP contribution is 2.21. The number of aromatic nitrogens is 3. The van der Waals surface area contributed by atoms with Crippen LogP contribution < -0.4 is 10.6 Å². The lowest BCUT2D eigenvalue weighted by molar-refractivity contribution is 0.755. The third-order valence-electron chi connectivity index (χ3n) is 3.66. The molecule has 0 aliphatic rings. The largest absolute Gasteiger partial charge is 0.355 e. The minimum absolute atomic E-state index is 0.426. The second-order valence-corrected chi connectivity index (χ2v) is 7.11. The molecule has 0 radical (unpaired) electrons. The molecule has 2 heterocycles. The molecule has 6 nitrogen and oxygen atoms in total. The van der Waals surface area contributed by atoms with Gasteiger partial charge in [0.15, 0.2) is 17.4 Å². The number of benzene rings is 1. The predicted octanol–water partition coefficient (Wildman–Crippen LogP) is 2.58. The molecule has 0 bridgehead atoms. The van der Waals surface area contributed by atoms with Gasteiger partial charge < -0.3 is 10.6 Å². The molecule has 3 rings (SSSR count). The zero-order chi connectivity index (χ0) is 17.5. The van der Waals surface area contributed by atoms with Gasteiger partial charge in [-0.2, -0.15) is 0 Å². The van der Waals surface area contributed by atoms with Crippen molar-refractivity contribution >= 4 is 23.4 Å². The summed E-state index contributed by atoms with van der Waals surface area (Å²) in [5, 5.41) is 15.4. The summed E-state index contributed by atoms with van der Waals surface area (Å²) >= 11 is 1.84. The maximum Gasteiger partial charge on any atom is 0.191 e. The first-order valence-electron chi connectivity index (χ1n) is 8.21. The van der Waals surface area contributed by atoms with Crippen molar-refractivity contribution < 1.29 is 0 Å². The van der Waals surface area contributed by atoms with Crippen molar-refractivity contribution in [2.24, 2.45) is 4.99 Å². The van der Waals surface area contributed by atoms with Gasteiger partial charge in [-0.1, -0.05) is 31.2 Å². The number of nitrogens with one attached hydrogen (secondary N) is 2. The number of aliphatic imine (C=N–C) groups is 1. The first-order valence-corrected chi connectivity index (χ1v) is 9.09. The highest BCUT2D eigenvalue weighted by molar-refractivity contribution is 8.00. The molecule has 0 aliphatic heterocycles. The van der Waals surface area contributed by atoms with Crippen LogP contribution in [0, 0.1) is 0 Å². The van der Waals surface area contributed by atoms with Gasteiger partial charge in [-0.15, -0.1) is 22.0 Å². The van der Waals surface area contributed by atoms with E-state index in [1.165, 1.54) is 4.90 Å². The van der Waals surface area contributed by atoms with Gasteiger partial charge >= 0.3 is 0 Å². The number of thioether (sulfide) groups is 1. The van der Waals surface area contributed by atoms with E-state index >= 15 is 0 Å². The fraction of sp³-hybridized carbons (Fsp3) is 0.278. The molecule has 0 fully saturated rings. The fourth-order valence-electron chi connectivity index (χ4n) is 2.41. The SMILES string of the molecule is CN=C(NCc1nnc2ccccn12)NCC(C)Sc1ccccc1. The molecule has 0 amide bonds. The standard InChI is InChI=1S/C18H22N6S/c1-14(25-15-8-4-3-5-9-15)12-20-18(19-2)21-13-17-23-22-16-10-6-7-11-24(16)17/h3-11,14H,12-13H2,1-2H3,(H2,19,20,21). The fourth-order valence-corrected chi connectivity index (χ4v) is 3.35. The van der Waals surface area contributed by atoms with Crippen LogP contribution in [0.2, 0.25) is 0 Å². The van der Waals surface area contributed by atoms with Crippen LogP contribution in [0.4, 0.5) is 0 Å². The molecule has 0 saturated heterocycles.